The first-order valence-corrected chi connectivity index (χ1v) is 13.5. The van der Waals surface area contributed by atoms with E-state index in [1.165, 1.54) is 12.1 Å². The molecule has 3 heterocycles. The summed E-state index contributed by atoms with van der Waals surface area (Å²) >= 11 is 5.73. The van der Waals surface area contributed by atoms with Crippen molar-refractivity contribution in [2.45, 2.75) is 18.5 Å². The van der Waals surface area contributed by atoms with Crippen LogP contribution in [-0.4, -0.2) is 32.4 Å². The van der Waals surface area contributed by atoms with Gasteiger partial charge in [0.2, 0.25) is 5.91 Å². The highest BCUT2D eigenvalue weighted by Crippen LogP contribution is 2.40. The summed E-state index contributed by atoms with van der Waals surface area (Å²) in [6, 6.07) is 28.7. The van der Waals surface area contributed by atoms with Gasteiger partial charge in [0.1, 0.15) is 17.6 Å². The van der Waals surface area contributed by atoms with Crippen molar-refractivity contribution in [1.82, 2.24) is 15.2 Å². The lowest BCUT2D eigenvalue weighted by Gasteiger charge is -2.26. The lowest BCUT2D eigenvalue weighted by Crippen LogP contribution is -2.32. The summed E-state index contributed by atoms with van der Waals surface area (Å²) < 4.78 is 6.30. The molecule has 2 aromatic heterocycles. The van der Waals surface area contributed by atoms with Crippen molar-refractivity contribution in [2.24, 2.45) is 0 Å². The predicted molar refractivity (Wildman–Crippen MR) is 160 cm³/mol. The minimum absolute atomic E-state index is 0.00837. The van der Waals surface area contributed by atoms with E-state index in [4.69, 9.17) is 16.6 Å². The molecule has 1 aliphatic rings. The number of anilines is 1. The Bertz CT molecular complexity index is 1730. The number of amides is 1. The van der Waals surface area contributed by atoms with E-state index >= 15 is 0 Å². The molecule has 0 saturated carbocycles. The van der Waals surface area contributed by atoms with Crippen molar-refractivity contribution in [1.29, 1.82) is 0 Å². The fourth-order valence-corrected chi connectivity index (χ4v) is 5.47. The maximum Gasteiger partial charge on any atom is 0.269 e. The van der Waals surface area contributed by atoms with Gasteiger partial charge in [-0.1, -0.05) is 42.5 Å². The van der Waals surface area contributed by atoms with Crippen LogP contribution in [0, 0.1) is 10.1 Å². The molecule has 10 heteroatoms. The largest absolute Gasteiger partial charge is 0.459 e. The maximum absolute atomic E-state index is 13.1. The van der Waals surface area contributed by atoms with E-state index < -0.39 is 4.92 Å². The molecule has 41 heavy (non-hydrogen) atoms. The highest BCUT2D eigenvalue weighted by Gasteiger charge is 2.41. The summed E-state index contributed by atoms with van der Waals surface area (Å²) in [7, 11) is 0. The molecule has 0 bridgehead atoms. The number of nitro benzene ring substituents is 1. The van der Waals surface area contributed by atoms with Crippen LogP contribution in [0.5, 0.6) is 0 Å². The molecule has 6 rings (SSSR count). The summed E-state index contributed by atoms with van der Waals surface area (Å²) in [5.41, 5.74) is 2.27. The number of nitro groups is 1. The Morgan fingerprint density at radius 2 is 1.78 bits per heavy atom. The molecule has 3 aromatic carbocycles. The third-order valence-electron chi connectivity index (χ3n) is 7.12. The smallest absolute Gasteiger partial charge is 0.269 e. The van der Waals surface area contributed by atoms with Crippen LogP contribution >= 0.6 is 12.2 Å². The van der Waals surface area contributed by atoms with Gasteiger partial charge >= 0.3 is 0 Å². The van der Waals surface area contributed by atoms with Crippen molar-refractivity contribution < 1.29 is 14.1 Å². The summed E-state index contributed by atoms with van der Waals surface area (Å²) in [5, 5.41) is 20.0. The van der Waals surface area contributed by atoms with Gasteiger partial charge in [-0.25, -0.2) is 0 Å². The van der Waals surface area contributed by atoms with E-state index in [1.807, 2.05) is 77.7 Å². The minimum Gasteiger partial charge on any atom is -0.459 e. The zero-order chi connectivity index (χ0) is 28.3. The number of furan rings is 1. The number of hydrogen-bond acceptors (Lipinski definition) is 6. The van der Waals surface area contributed by atoms with E-state index in [9.17, 15) is 14.9 Å². The average molecular weight is 564 g/mol. The third kappa shape index (κ3) is 5.37. The zero-order valence-electron chi connectivity index (χ0n) is 21.8. The third-order valence-corrected chi connectivity index (χ3v) is 7.47. The first-order valence-electron chi connectivity index (χ1n) is 13.1. The van der Waals surface area contributed by atoms with Gasteiger partial charge in [-0.15, -0.1) is 0 Å². The second-order valence-electron chi connectivity index (χ2n) is 9.65. The van der Waals surface area contributed by atoms with E-state index in [0.717, 1.165) is 22.2 Å². The van der Waals surface area contributed by atoms with Gasteiger partial charge in [0, 0.05) is 47.9 Å². The highest BCUT2D eigenvalue weighted by molar-refractivity contribution is 7.80. The second kappa shape index (κ2) is 11.2. The van der Waals surface area contributed by atoms with Crippen LogP contribution in [0.25, 0.3) is 22.1 Å². The van der Waals surface area contributed by atoms with Crippen molar-refractivity contribution in [3.05, 3.63) is 125 Å². The molecule has 2 N–H and O–H groups in total. The zero-order valence-corrected chi connectivity index (χ0v) is 22.6. The molecule has 2 atom stereocenters. The van der Waals surface area contributed by atoms with Crippen molar-refractivity contribution >= 4 is 45.4 Å². The quantitative estimate of drug-likeness (QED) is 0.127. The first-order chi connectivity index (χ1) is 20.0. The Kier molecular flexibility index (Phi) is 7.13. The molecule has 0 spiro atoms. The topological polar surface area (TPSA) is 114 Å². The molecule has 1 fully saturated rings. The summed E-state index contributed by atoms with van der Waals surface area (Å²) in [5.74, 6) is 1.08. The Balaban J connectivity index is 1.25. The number of hydrogen-bond donors (Lipinski definition) is 2. The molecule has 0 unspecified atom stereocenters. The molecular weight excluding hydrogens is 538 g/mol. The van der Waals surface area contributed by atoms with Gasteiger partial charge in [0.25, 0.3) is 5.69 Å². The standard InChI is InChI=1S/C31H25N5O4S/c37-28(33-24-10-5-7-20-6-1-2-8-23(20)24)17-19-35-30(29(34-31(35)41)25-9-3-4-18-32-25)27-16-15-26(40-27)21-11-13-22(14-12-21)36(38)39/h1-16,18,29-30H,17,19H2,(H,33,37)(H,34,41)/t29-,30+/m1/s1. The van der Waals surface area contributed by atoms with Gasteiger partial charge in [-0.05, 0) is 60.1 Å². The Labute approximate surface area is 241 Å². The Morgan fingerprint density at radius 3 is 2.56 bits per heavy atom. The van der Waals surface area contributed by atoms with Crippen molar-refractivity contribution in [2.75, 3.05) is 11.9 Å². The highest BCUT2D eigenvalue weighted by atomic mass is 32.1. The van der Waals surface area contributed by atoms with Crippen LogP contribution < -0.4 is 10.6 Å². The fourth-order valence-electron chi connectivity index (χ4n) is 5.14. The van der Waals surface area contributed by atoms with Crippen LogP contribution in [0.15, 0.2) is 108 Å². The van der Waals surface area contributed by atoms with E-state index in [2.05, 4.69) is 15.6 Å². The van der Waals surface area contributed by atoms with Gasteiger partial charge in [0.15, 0.2) is 5.11 Å². The number of carbonyl (C=O) groups is 1. The molecule has 0 aliphatic carbocycles. The summed E-state index contributed by atoms with van der Waals surface area (Å²) in [6.07, 6.45) is 1.92. The number of benzene rings is 3. The second-order valence-corrected chi connectivity index (χ2v) is 10.0. The number of thiocarbonyl (C=S) groups is 1. The number of carbonyl (C=O) groups excluding carboxylic acids is 1. The number of rotatable bonds is 8. The number of non-ortho nitro benzene ring substituents is 1. The normalized spacial score (nSPS) is 16.5. The van der Waals surface area contributed by atoms with E-state index in [0.29, 0.717) is 28.7 Å². The predicted octanol–water partition coefficient (Wildman–Crippen LogP) is 6.40. The number of nitrogens with zero attached hydrogens (tertiary/aromatic N) is 3. The lowest BCUT2D eigenvalue weighted by atomic mass is 10.0. The molecule has 204 valence electrons. The fraction of sp³-hybridized carbons (Fsp3) is 0.129. The van der Waals surface area contributed by atoms with Gasteiger partial charge in [-0.3, -0.25) is 19.9 Å². The molecule has 1 aliphatic heterocycles. The van der Waals surface area contributed by atoms with E-state index in [1.54, 1.807) is 18.3 Å². The maximum atomic E-state index is 13.1. The number of aromatic nitrogens is 1. The number of pyridine rings is 1. The lowest BCUT2D eigenvalue weighted by molar-refractivity contribution is -0.384. The van der Waals surface area contributed by atoms with E-state index in [-0.39, 0.29) is 30.1 Å². The Morgan fingerprint density at radius 1 is 1.00 bits per heavy atom. The van der Waals surface area contributed by atoms with Crippen LogP contribution in [-0.2, 0) is 4.79 Å². The minimum atomic E-state index is -0.436. The summed E-state index contributed by atoms with van der Waals surface area (Å²) in [6.45, 7) is 0.351. The molecule has 1 amide bonds. The molecular formula is C31H25N5O4S. The SMILES string of the molecule is O=C(CCN1C(=S)N[C@H](c2ccccn2)[C@@H]1c1ccc(-c2ccc([N+](=O)[O-])cc2)o1)Nc1cccc2ccccc12. The molecule has 5 aromatic rings. The number of fused-ring (bicyclic) bond motifs is 1. The molecule has 1 saturated heterocycles. The van der Waals surface area contributed by atoms with Crippen LogP contribution in [0.4, 0.5) is 11.4 Å². The van der Waals surface area contributed by atoms with Crippen molar-refractivity contribution in [3.63, 3.8) is 0 Å². The molecule has 0 radical (unpaired) electrons. The number of nitrogens with one attached hydrogen (secondary N) is 2. The van der Waals surface area contributed by atoms with Crippen LogP contribution in [0.2, 0.25) is 0 Å². The molecule has 9 nitrogen and oxygen atoms in total. The van der Waals surface area contributed by atoms with Crippen LogP contribution in [0.1, 0.15) is 30.0 Å². The van der Waals surface area contributed by atoms with Crippen molar-refractivity contribution in [3.8, 4) is 11.3 Å². The average Bonchev–Trinajstić information content (AvgIpc) is 3.61. The Hall–Kier alpha value is -5.09. The summed E-state index contributed by atoms with van der Waals surface area (Å²) in [4.78, 5) is 30.2. The van der Waals surface area contributed by atoms with Crippen LogP contribution in [0.3, 0.4) is 0 Å². The van der Waals surface area contributed by atoms with Gasteiger partial charge in [0.05, 0.1) is 16.7 Å². The first kappa shape index (κ1) is 26.1. The monoisotopic (exact) mass is 563 g/mol. The van der Waals surface area contributed by atoms with Gasteiger partial charge in [-0.2, -0.15) is 0 Å². The van der Waals surface area contributed by atoms with Gasteiger partial charge < -0.3 is 20.0 Å².